The number of allylic oxidation sites excluding steroid dienone is 1. The predicted octanol–water partition coefficient (Wildman–Crippen LogP) is 15.0. The highest BCUT2D eigenvalue weighted by Crippen LogP contribution is 2.48. The summed E-state index contributed by atoms with van der Waals surface area (Å²) in [6.45, 7) is 15.2. The van der Waals surface area contributed by atoms with Crippen molar-refractivity contribution in [1.29, 1.82) is 0 Å². The van der Waals surface area contributed by atoms with Gasteiger partial charge in [-0.2, -0.15) is 0 Å². The second-order valence-corrected chi connectivity index (χ2v) is 21.8. The zero-order valence-corrected chi connectivity index (χ0v) is 45.5. The average Bonchev–Trinajstić information content (AvgIpc) is 3.79. The molecule has 0 spiro atoms. The van der Waals surface area contributed by atoms with Crippen molar-refractivity contribution in [2.24, 2.45) is 29.6 Å². The molecule has 11 heteroatoms. The smallest absolute Gasteiger partial charge is 0.338 e. The molecule has 74 heavy (non-hydrogen) atoms. The Bertz CT molecular complexity index is 2310. The Balaban J connectivity index is 1.04. The molecule has 2 aromatic carbocycles. The standard InChI is InChI=1S/C63H87NO10/c1-7-9-11-13-19-25-31-49-45(29-23-12-10-8-2)33-34-46(30-24-18-14-16-21-27-39-73-62(71)47-35-37-51-53(41-47)58(67)55(57(51)66)56(65)43(3)4)50(49)32-26-20-15-17-22-28-40-74-63(72)48-36-38-52-54(42-48)61(70)64(60(52)69)59(68)44(5)6/h35-38,41-42,45-46,49-50,55H,3,5,7-34,39-40H2,1-2,4,6H3. The number of fused-ring (bicyclic) bond motifs is 2. The summed E-state index contributed by atoms with van der Waals surface area (Å²) in [5.74, 6) is -3.20. The normalized spacial score (nSPS) is 19.1. The lowest BCUT2D eigenvalue weighted by atomic mass is 9.61. The Hall–Kier alpha value is -5.32. The van der Waals surface area contributed by atoms with E-state index in [1.54, 1.807) is 0 Å². The van der Waals surface area contributed by atoms with Gasteiger partial charge in [-0.15, -0.1) is 0 Å². The second-order valence-electron chi connectivity index (χ2n) is 21.8. The first-order chi connectivity index (χ1) is 35.7. The molecule has 1 aliphatic heterocycles. The molecule has 2 aliphatic carbocycles. The van der Waals surface area contributed by atoms with Crippen molar-refractivity contribution in [1.82, 2.24) is 4.90 Å². The molecule has 0 bridgehead atoms. The Kier molecular flexibility index (Phi) is 24.9. The molecule has 1 heterocycles. The molecule has 0 saturated heterocycles. The van der Waals surface area contributed by atoms with Gasteiger partial charge in [-0.25, -0.2) is 14.5 Å². The first-order valence-corrected chi connectivity index (χ1v) is 28.7. The van der Waals surface area contributed by atoms with E-state index in [0.717, 1.165) is 75.0 Å². The fourth-order valence-corrected chi connectivity index (χ4v) is 11.8. The van der Waals surface area contributed by atoms with Gasteiger partial charge in [0.05, 0.1) is 35.5 Å². The number of carbonyl (C=O) groups excluding carboxylic acids is 8. The van der Waals surface area contributed by atoms with Crippen molar-refractivity contribution in [3.63, 3.8) is 0 Å². The molecule has 0 aromatic heterocycles. The first-order valence-electron chi connectivity index (χ1n) is 28.7. The van der Waals surface area contributed by atoms with Gasteiger partial charge in [0, 0.05) is 16.7 Å². The number of amides is 3. The highest BCUT2D eigenvalue weighted by molar-refractivity contribution is 6.38. The topological polar surface area (TPSA) is 158 Å². The van der Waals surface area contributed by atoms with E-state index in [1.165, 1.54) is 179 Å². The molecular weight excluding hydrogens is 931 g/mol. The number of unbranched alkanes of at least 4 members (excludes halogenated alkanes) is 18. The number of imide groups is 3. The quantitative estimate of drug-likeness (QED) is 0.0214. The molecule has 3 amide bonds. The third kappa shape index (κ3) is 16.6. The first kappa shape index (κ1) is 59.6. The van der Waals surface area contributed by atoms with Crippen LogP contribution in [-0.4, -0.2) is 65.1 Å². The summed E-state index contributed by atoms with van der Waals surface area (Å²) in [6, 6.07) is 8.51. The monoisotopic (exact) mass is 1020 g/mol. The summed E-state index contributed by atoms with van der Waals surface area (Å²) in [6.07, 6.45) is 34.3. The fraction of sp³-hybridized carbons (Fsp3) is 0.619. The van der Waals surface area contributed by atoms with E-state index in [9.17, 15) is 38.4 Å². The van der Waals surface area contributed by atoms with E-state index < -0.39 is 52.9 Å². The van der Waals surface area contributed by atoms with E-state index in [4.69, 9.17) is 9.47 Å². The maximum absolute atomic E-state index is 12.9. The van der Waals surface area contributed by atoms with E-state index in [1.807, 2.05) is 0 Å². The number of nitrogens with zero attached hydrogens (tertiary/aromatic N) is 1. The Morgan fingerprint density at radius 3 is 1.35 bits per heavy atom. The lowest BCUT2D eigenvalue weighted by Gasteiger charge is -2.44. The minimum absolute atomic E-state index is 0.0191. The second kappa shape index (κ2) is 30.9. The Morgan fingerprint density at radius 1 is 0.486 bits per heavy atom. The molecule has 1 saturated carbocycles. The van der Waals surface area contributed by atoms with Gasteiger partial charge >= 0.3 is 11.9 Å². The van der Waals surface area contributed by atoms with E-state index in [2.05, 4.69) is 27.0 Å². The number of benzene rings is 2. The van der Waals surface area contributed by atoms with Crippen LogP contribution in [0.4, 0.5) is 0 Å². The Labute approximate surface area is 442 Å². The van der Waals surface area contributed by atoms with E-state index >= 15 is 0 Å². The third-order valence-corrected chi connectivity index (χ3v) is 16.0. The summed E-state index contributed by atoms with van der Waals surface area (Å²) >= 11 is 0. The van der Waals surface area contributed by atoms with Crippen LogP contribution in [0.2, 0.25) is 0 Å². The van der Waals surface area contributed by atoms with Crippen molar-refractivity contribution in [2.45, 2.75) is 207 Å². The molecule has 5 unspecified atom stereocenters. The van der Waals surface area contributed by atoms with Crippen LogP contribution < -0.4 is 0 Å². The largest absolute Gasteiger partial charge is 0.462 e. The molecular formula is C63H87NO10. The number of hydrogen-bond acceptors (Lipinski definition) is 10. The van der Waals surface area contributed by atoms with Gasteiger partial charge < -0.3 is 9.47 Å². The van der Waals surface area contributed by atoms with Crippen LogP contribution in [0.5, 0.6) is 0 Å². The average molecular weight is 1020 g/mol. The molecule has 2 aromatic rings. The van der Waals surface area contributed by atoms with Gasteiger partial charge in [0.2, 0.25) is 0 Å². The maximum Gasteiger partial charge on any atom is 0.338 e. The summed E-state index contributed by atoms with van der Waals surface area (Å²) in [5.41, 5.74) is 0.954. The lowest BCUT2D eigenvalue weighted by molar-refractivity contribution is -0.122. The van der Waals surface area contributed by atoms with Crippen molar-refractivity contribution < 1.29 is 47.8 Å². The van der Waals surface area contributed by atoms with Crippen molar-refractivity contribution in [3.8, 4) is 0 Å². The number of ether oxygens (including phenoxy) is 2. The third-order valence-electron chi connectivity index (χ3n) is 16.0. The van der Waals surface area contributed by atoms with Crippen LogP contribution in [0.1, 0.15) is 270 Å². The SMILES string of the molecule is C=C(C)C(=O)C1C(=O)c2ccc(C(=O)OCCCCCCCCC3CCC(CCCCCC)C(CCCCCCCC)C3CCCCCCCCOC(=O)c3ccc4c(c3)C(=O)N(C(=O)C(=C)C)C4=O)cc2C1=O. The number of carbonyl (C=O) groups is 8. The predicted molar refractivity (Wildman–Crippen MR) is 290 cm³/mol. The van der Waals surface area contributed by atoms with Gasteiger partial charge in [0.1, 0.15) is 5.92 Å². The molecule has 5 atom stereocenters. The molecule has 404 valence electrons. The summed E-state index contributed by atoms with van der Waals surface area (Å²) in [4.78, 5) is 102. The van der Waals surface area contributed by atoms with Crippen LogP contribution in [-0.2, 0) is 19.1 Å². The molecule has 0 radical (unpaired) electrons. The molecule has 0 N–H and O–H groups in total. The maximum atomic E-state index is 12.9. The molecule has 1 fully saturated rings. The number of hydrogen-bond donors (Lipinski definition) is 0. The minimum Gasteiger partial charge on any atom is -0.462 e. The number of rotatable bonds is 35. The van der Waals surface area contributed by atoms with Gasteiger partial charge in [-0.1, -0.05) is 168 Å². The minimum atomic E-state index is -1.41. The number of ketones is 3. The summed E-state index contributed by atoms with van der Waals surface area (Å²) in [7, 11) is 0. The highest BCUT2D eigenvalue weighted by Gasteiger charge is 2.44. The number of esters is 2. The van der Waals surface area contributed by atoms with Gasteiger partial charge in [0.25, 0.3) is 17.7 Å². The van der Waals surface area contributed by atoms with Gasteiger partial charge in [-0.3, -0.25) is 28.8 Å². The summed E-state index contributed by atoms with van der Waals surface area (Å²) < 4.78 is 11.1. The number of Topliss-reactive ketones (excluding diaryl/α,β-unsaturated/α-hetero) is 3. The van der Waals surface area contributed by atoms with Crippen LogP contribution in [0.3, 0.4) is 0 Å². The van der Waals surface area contributed by atoms with E-state index in [-0.39, 0.29) is 57.7 Å². The molecule has 11 nitrogen and oxygen atoms in total. The van der Waals surface area contributed by atoms with Gasteiger partial charge in [0.15, 0.2) is 17.3 Å². The van der Waals surface area contributed by atoms with Crippen LogP contribution in [0.25, 0.3) is 0 Å². The fourth-order valence-electron chi connectivity index (χ4n) is 11.8. The van der Waals surface area contributed by atoms with Gasteiger partial charge in [-0.05, 0) is 118 Å². The zero-order chi connectivity index (χ0) is 53.6. The van der Waals surface area contributed by atoms with E-state index in [0.29, 0.717) is 4.90 Å². The molecule has 3 aliphatic rings. The summed E-state index contributed by atoms with van der Waals surface area (Å²) in [5, 5.41) is 0. The lowest BCUT2D eigenvalue weighted by Crippen LogP contribution is -2.36. The van der Waals surface area contributed by atoms with Crippen LogP contribution in [0.15, 0.2) is 60.7 Å². The Morgan fingerprint density at radius 2 is 0.878 bits per heavy atom. The highest BCUT2D eigenvalue weighted by atomic mass is 16.5. The zero-order valence-electron chi connectivity index (χ0n) is 45.5. The van der Waals surface area contributed by atoms with Crippen molar-refractivity contribution in [3.05, 3.63) is 94.1 Å². The van der Waals surface area contributed by atoms with Crippen molar-refractivity contribution >= 4 is 47.0 Å². The molecule has 5 rings (SSSR count). The van der Waals surface area contributed by atoms with Crippen LogP contribution in [0, 0.1) is 29.6 Å². The van der Waals surface area contributed by atoms with Crippen LogP contribution >= 0.6 is 0 Å². The van der Waals surface area contributed by atoms with Crippen molar-refractivity contribution in [2.75, 3.05) is 13.2 Å².